The van der Waals surface area contributed by atoms with Crippen molar-refractivity contribution < 1.29 is 4.79 Å². The summed E-state index contributed by atoms with van der Waals surface area (Å²) in [5.74, 6) is 0.115. The largest absolute Gasteiger partial charge is 0.309 e. The van der Waals surface area contributed by atoms with Crippen LogP contribution in [0.4, 0.5) is 0 Å². The minimum atomic E-state index is 0.115. The van der Waals surface area contributed by atoms with E-state index in [-0.39, 0.29) is 5.78 Å². The Morgan fingerprint density at radius 3 is 2.56 bits per heavy atom. The Bertz CT molecular complexity index is 107. The van der Waals surface area contributed by atoms with Crippen molar-refractivity contribution in [1.29, 1.82) is 0 Å². The van der Waals surface area contributed by atoms with E-state index in [4.69, 9.17) is 0 Å². The predicted octanol–water partition coefficient (Wildman–Crippen LogP) is 0.693. The molecule has 0 rings (SSSR count). The molecular formula is C7H13NO. The molecule has 52 valence electrons. The van der Waals surface area contributed by atoms with Gasteiger partial charge in [0.25, 0.3) is 0 Å². The molecule has 0 saturated carbocycles. The minimum absolute atomic E-state index is 0.115. The van der Waals surface area contributed by atoms with E-state index in [1.807, 2.05) is 19.0 Å². The minimum Gasteiger partial charge on any atom is -0.309 e. The molecular weight excluding hydrogens is 114 g/mol. The molecule has 0 aliphatic heterocycles. The van der Waals surface area contributed by atoms with Gasteiger partial charge in [-0.3, -0.25) is 4.79 Å². The van der Waals surface area contributed by atoms with E-state index >= 15 is 0 Å². The molecule has 0 aliphatic carbocycles. The smallest absolute Gasteiger partial charge is 0.156 e. The normalized spacial score (nSPS) is 9.67. The van der Waals surface area contributed by atoms with Crippen molar-refractivity contribution >= 4 is 5.78 Å². The molecule has 0 radical (unpaired) electrons. The van der Waals surface area contributed by atoms with Crippen LogP contribution in [-0.4, -0.2) is 31.3 Å². The van der Waals surface area contributed by atoms with E-state index in [0.717, 1.165) is 6.54 Å². The maximum atomic E-state index is 10.6. The lowest BCUT2D eigenvalue weighted by molar-refractivity contribution is -0.114. The quantitative estimate of drug-likeness (QED) is 0.518. The van der Waals surface area contributed by atoms with Crippen molar-refractivity contribution in [2.45, 2.75) is 6.42 Å². The van der Waals surface area contributed by atoms with E-state index in [1.54, 1.807) is 0 Å². The summed E-state index contributed by atoms with van der Waals surface area (Å²) in [5.41, 5.74) is 0. The zero-order chi connectivity index (χ0) is 7.28. The molecule has 0 spiro atoms. The van der Waals surface area contributed by atoms with E-state index < -0.39 is 0 Å². The first kappa shape index (κ1) is 8.37. The molecule has 0 saturated heterocycles. The van der Waals surface area contributed by atoms with Gasteiger partial charge in [-0.2, -0.15) is 0 Å². The SMILES string of the molecule is C=CC(=O)CCN(C)C. The molecule has 0 unspecified atom stereocenters. The summed E-state index contributed by atoms with van der Waals surface area (Å²) in [6.45, 7) is 4.18. The summed E-state index contributed by atoms with van der Waals surface area (Å²) >= 11 is 0. The Morgan fingerprint density at radius 1 is 1.67 bits per heavy atom. The van der Waals surface area contributed by atoms with Gasteiger partial charge in [-0.1, -0.05) is 6.58 Å². The molecule has 0 aromatic heterocycles. The fraction of sp³-hybridized carbons (Fsp3) is 0.571. The number of nitrogens with zero attached hydrogens (tertiary/aromatic N) is 1. The Hall–Kier alpha value is -0.630. The third-order valence-electron chi connectivity index (χ3n) is 1.03. The van der Waals surface area contributed by atoms with Crippen LogP contribution in [0.5, 0.6) is 0 Å². The summed E-state index contributed by atoms with van der Waals surface area (Å²) in [7, 11) is 3.88. The number of allylic oxidation sites excluding steroid dienone is 1. The van der Waals surface area contributed by atoms with Gasteiger partial charge < -0.3 is 4.90 Å². The highest BCUT2D eigenvalue weighted by molar-refractivity contribution is 5.89. The summed E-state index contributed by atoms with van der Waals surface area (Å²) in [6.07, 6.45) is 1.94. The van der Waals surface area contributed by atoms with Crippen LogP contribution in [0.3, 0.4) is 0 Å². The topological polar surface area (TPSA) is 20.3 Å². The average Bonchev–Trinajstić information content (AvgIpc) is 1.83. The summed E-state index contributed by atoms with van der Waals surface area (Å²) in [4.78, 5) is 12.5. The van der Waals surface area contributed by atoms with Gasteiger partial charge in [0.05, 0.1) is 0 Å². The van der Waals surface area contributed by atoms with Crippen molar-refractivity contribution in [3.8, 4) is 0 Å². The standard InChI is InChI=1S/C7H13NO/c1-4-7(9)5-6-8(2)3/h4H,1,5-6H2,2-3H3. The fourth-order valence-corrected chi connectivity index (χ4v) is 0.436. The maximum absolute atomic E-state index is 10.6. The second kappa shape index (κ2) is 4.27. The van der Waals surface area contributed by atoms with Crippen LogP contribution in [0.25, 0.3) is 0 Å². The second-order valence-electron chi connectivity index (χ2n) is 2.22. The molecule has 0 bridgehead atoms. The average molecular weight is 127 g/mol. The number of carbonyl (C=O) groups excluding carboxylic acids is 1. The van der Waals surface area contributed by atoms with Crippen molar-refractivity contribution in [1.82, 2.24) is 4.90 Å². The highest BCUT2D eigenvalue weighted by Crippen LogP contribution is 1.85. The Balaban J connectivity index is 3.27. The summed E-state index contributed by atoms with van der Waals surface area (Å²) < 4.78 is 0. The first-order valence-electron chi connectivity index (χ1n) is 2.97. The monoisotopic (exact) mass is 127 g/mol. The number of rotatable bonds is 4. The molecule has 0 aromatic rings. The molecule has 0 N–H and O–H groups in total. The highest BCUT2D eigenvalue weighted by atomic mass is 16.1. The molecule has 0 atom stereocenters. The predicted molar refractivity (Wildman–Crippen MR) is 38.4 cm³/mol. The zero-order valence-electron chi connectivity index (χ0n) is 6.05. The van der Waals surface area contributed by atoms with E-state index in [9.17, 15) is 4.79 Å². The highest BCUT2D eigenvalue weighted by Gasteiger charge is 1.94. The number of hydrogen-bond acceptors (Lipinski definition) is 2. The van der Waals surface area contributed by atoms with Crippen LogP contribution in [0.15, 0.2) is 12.7 Å². The van der Waals surface area contributed by atoms with Crippen LogP contribution < -0.4 is 0 Å². The van der Waals surface area contributed by atoms with Gasteiger partial charge in [-0.05, 0) is 20.2 Å². The van der Waals surface area contributed by atoms with Crippen molar-refractivity contribution in [2.75, 3.05) is 20.6 Å². The van der Waals surface area contributed by atoms with E-state index in [2.05, 4.69) is 6.58 Å². The third-order valence-corrected chi connectivity index (χ3v) is 1.03. The van der Waals surface area contributed by atoms with Gasteiger partial charge in [0, 0.05) is 13.0 Å². The maximum Gasteiger partial charge on any atom is 0.156 e. The lowest BCUT2D eigenvalue weighted by Crippen LogP contribution is -2.15. The first-order valence-corrected chi connectivity index (χ1v) is 2.97. The van der Waals surface area contributed by atoms with Crippen LogP contribution in [0.2, 0.25) is 0 Å². The van der Waals surface area contributed by atoms with Gasteiger partial charge >= 0.3 is 0 Å². The van der Waals surface area contributed by atoms with Crippen molar-refractivity contribution in [3.63, 3.8) is 0 Å². The number of ketones is 1. The van der Waals surface area contributed by atoms with Crippen LogP contribution in [0, 0.1) is 0 Å². The molecule has 0 amide bonds. The Labute approximate surface area is 56.2 Å². The zero-order valence-corrected chi connectivity index (χ0v) is 6.05. The van der Waals surface area contributed by atoms with Crippen LogP contribution in [0.1, 0.15) is 6.42 Å². The molecule has 0 heterocycles. The Kier molecular flexibility index (Phi) is 3.97. The molecule has 9 heavy (non-hydrogen) atoms. The number of hydrogen-bond donors (Lipinski definition) is 0. The van der Waals surface area contributed by atoms with E-state index in [0.29, 0.717) is 6.42 Å². The van der Waals surface area contributed by atoms with E-state index in [1.165, 1.54) is 6.08 Å². The van der Waals surface area contributed by atoms with Gasteiger partial charge in [0.1, 0.15) is 0 Å². The van der Waals surface area contributed by atoms with Gasteiger partial charge in [0.15, 0.2) is 5.78 Å². The van der Waals surface area contributed by atoms with Gasteiger partial charge in [-0.15, -0.1) is 0 Å². The lowest BCUT2D eigenvalue weighted by Gasteiger charge is -2.05. The van der Waals surface area contributed by atoms with Crippen molar-refractivity contribution in [3.05, 3.63) is 12.7 Å². The molecule has 2 heteroatoms. The van der Waals surface area contributed by atoms with Crippen LogP contribution >= 0.6 is 0 Å². The lowest BCUT2D eigenvalue weighted by atomic mass is 10.3. The first-order chi connectivity index (χ1) is 4.16. The van der Waals surface area contributed by atoms with Gasteiger partial charge in [0.2, 0.25) is 0 Å². The summed E-state index contributed by atoms with van der Waals surface area (Å²) in [5, 5.41) is 0. The van der Waals surface area contributed by atoms with Gasteiger partial charge in [-0.25, -0.2) is 0 Å². The molecule has 2 nitrogen and oxygen atoms in total. The molecule has 0 aliphatic rings. The second-order valence-corrected chi connectivity index (χ2v) is 2.22. The molecule has 0 aromatic carbocycles. The Morgan fingerprint density at radius 2 is 2.22 bits per heavy atom. The van der Waals surface area contributed by atoms with Crippen LogP contribution in [-0.2, 0) is 4.79 Å². The number of carbonyl (C=O) groups is 1. The van der Waals surface area contributed by atoms with Crippen molar-refractivity contribution in [2.24, 2.45) is 0 Å². The molecule has 0 fully saturated rings. The fourth-order valence-electron chi connectivity index (χ4n) is 0.436. The third kappa shape index (κ3) is 5.24. The summed E-state index contributed by atoms with van der Waals surface area (Å²) in [6, 6.07) is 0.